The summed E-state index contributed by atoms with van der Waals surface area (Å²) in [5.74, 6) is 0.765. The van der Waals surface area contributed by atoms with Crippen LogP contribution in [0.4, 0.5) is 5.69 Å². The maximum absolute atomic E-state index is 6.42. The zero-order chi connectivity index (χ0) is 12.7. The second-order valence-corrected chi connectivity index (χ2v) is 4.46. The van der Waals surface area contributed by atoms with Crippen molar-refractivity contribution >= 4 is 39.1 Å². The third-order valence-corrected chi connectivity index (χ3v) is 3.35. The molecular weight excluding hydrogens is 248 g/mol. The number of aromatic nitrogens is 1. The van der Waals surface area contributed by atoms with Crippen LogP contribution >= 0.6 is 11.6 Å². The standard InChI is InChI=1S/C14H11ClN2O/c1-18-9-3-5-12-11(7-9)14(15)10-4-2-8(16)6-13(10)17-12/h2-7H,16H2,1H3. The molecule has 18 heavy (non-hydrogen) atoms. The van der Waals surface area contributed by atoms with Gasteiger partial charge in [-0.2, -0.15) is 0 Å². The molecule has 0 bridgehead atoms. The summed E-state index contributed by atoms with van der Waals surface area (Å²) in [5, 5.41) is 2.45. The van der Waals surface area contributed by atoms with Crippen molar-refractivity contribution in [2.24, 2.45) is 0 Å². The lowest BCUT2D eigenvalue weighted by Gasteiger charge is -2.07. The van der Waals surface area contributed by atoms with Crippen LogP contribution in [0.5, 0.6) is 5.75 Å². The van der Waals surface area contributed by atoms with Gasteiger partial charge < -0.3 is 10.5 Å². The number of nitrogen functional groups attached to an aromatic ring is 1. The molecule has 0 spiro atoms. The largest absolute Gasteiger partial charge is 0.497 e. The van der Waals surface area contributed by atoms with Gasteiger partial charge in [0.25, 0.3) is 0 Å². The molecule has 2 aromatic carbocycles. The number of methoxy groups -OCH3 is 1. The molecule has 0 aliphatic carbocycles. The summed E-state index contributed by atoms with van der Waals surface area (Å²) >= 11 is 6.42. The summed E-state index contributed by atoms with van der Waals surface area (Å²) in [5.41, 5.74) is 8.08. The van der Waals surface area contributed by atoms with Crippen molar-refractivity contribution in [3.63, 3.8) is 0 Å². The predicted molar refractivity (Wildman–Crippen MR) is 75.2 cm³/mol. The van der Waals surface area contributed by atoms with Crippen molar-refractivity contribution in [2.75, 3.05) is 12.8 Å². The van der Waals surface area contributed by atoms with Crippen molar-refractivity contribution in [1.29, 1.82) is 0 Å². The number of anilines is 1. The van der Waals surface area contributed by atoms with Gasteiger partial charge in [0.05, 0.1) is 23.2 Å². The van der Waals surface area contributed by atoms with Gasteiger partial charge in [-0.05, 0) is 36.4 Å². The number of nitrogens with two attached hydrogens (primary N) is 1. The summed E-state index contributed by atoms with van der Waals surface area (Å²) in [6.07, 6.45) is 0. The van der Waals surface area contributed by atoms with E-state index in [4.69, 9.17) is 22.1 Å². The lowest BCUT2D eigenvalue weighted by atomic mass is 10.1. The van der Waals surface area contributed by atoms with Crippen LogP contribution < -0.4 is 10.5 Å². The minimum atomic E-state index is 0.675. The van der Waals surface area contributed by atoms with E-state index in [0.29, 0.717) is 10.7 Å². The zero-order valence-corrected chi connectivity index (χ0v) is 10.5. The highest BCUT2D eigenvalue weighted by atomic mass is 35.5. The number of halogens is 1. The number of rotatable bonds is 1. The van der Waals surface area contributed by atoms with Crippen molar-refractivity contribution in [1.82, 2.24) is 4.98 Å². The average molecular weight is 259 g/mol. The van der Waals surface area contributed by atoms with Gasteiger partial charge in [-0.3, -0.25) is 0 Å². The molecule has 0 saturated carbocycles. The zero-order valence-electron chi connectivity index (χ0n) is 9.77. The van der Waals surface area contributed by atoms with E-state index < -0.39 is 0 Å². The van der Waals surface area contributed by atoms with Crippen LogP contribution in [0.15, 0.2) is 36.4 Å². The SMILES string of the molecule is COc1ccc2nc3cc(N)ccc3c(Cl)c2c1. The smallest absolute Gasteiger partial charge is 0.119 e. The number of pyridine rings is 1. The van der Waals surface area contributed by atoms with Crippen LogP contribution in [-0.2, 0) is 0 Å². The molecule has 0 aliphatic rings. The van der Waals surface area contributed by atoms with E-state index in [1.807, 2.05) is 36.4 Å². The molecule has 0 aliphatic heterocycles. The number of ether oxygens (including phenoxy) is 1. The van der Waals surface area contributed by atoms with E-state index in [-0.39, 0.29) is 0 Å². The van der Waals surface area contributed by atoms with Crippen molar-refractivity contribution in [3.05, 3.63) is 41.4 Å². The van der Waals surface area contributed by atoms with Crippen molar-refractivity contribution in [2.45, 2.75) is 0 Å². The first kappa shape index (κ1) is 11.1. The third-order valence-electron chi connectivity index (χ3n) is 2.94. The molecule has 0 fully saturated rings. The van der Waals surface area contributed by atoms with E-state index in [9.17, 15) is 0 Å². The molecule has 0 atom stereocenters. The summed E-state index contributed by atoms with van der Waals surface area (Å²) in [4.78, 5) is 4.55. The Balaban J connectivity index is 2.44. The highest BCUT2D eigenvalue weighted by Gasteiger charge is 2.08. The molecule has 1 aromatic heterocycles. The Hall–Kier alpha value is -2.00. The Kier molecular flexibility index (Phi) is 2.49. The fourth-order valence-corrected chi connectivity index (χ4v) is 2.33. The van der Waals surface area contributed by atoms with E-state index in [1.165, 1.54) is 0 Å². The molecule has 3 rings (SSSR count). The number of fused-ring (bicyclic) bond motifs is 2. The molecule has 0 amide bonds. The molecule has 0 saturated heterocycles. The molecule has 0 unspecified atom stereocenters. The maximum Gasteiger partial charge on any atom is 0.119 e. The highest BCUT2D eigenvalue weighted by Crippen LogP contribution is 2.33. The summed E-state index contributed by atoms with van der Waals surface area (Å²) in [6, 6.07) is 11.2. The first-order valence-corrected chi connectivity index (χ1v) is 5.89. The lowest BCUT2D eigenvalue weighted by molar-refractivity contribution is 0.415. The molecule has 1 heterocycles. The third kappa shape index (κ3) is 1.64. The molecule has 2 N–H and O–H groups in total. The van der Waals surface area contributed by atoms with Crippen LogP contribution in [0.3, 0.4) is 0 Å². The normalized spacial score (nSPS) is 11.0. The van der Waals surface area contributed by atoms with Gasteiger partial charge in [-0.15, -0.1) is 0 Å². The number of nitrogens with zero attached hydrogens (tertiary/aromatic N) is 1. The fourth-order valence-electron chi connectivity index (χ4n) is 2.02. The molecular formula is C14H11ClN2O. The Labute approximate surface area is 109 Å². The Morgan fingerprint density at radius 1 is 1.06 bits per heavy atom. The molecule has 0 radical (unpaired) electrons. The molecule has 90 valence electrons. The lowest BCUT2D eigenvalue weighted by Crippen LogP contribution is -1.89. The van der Waals surface area contributed by atoms with Gasteiger partial charge >= 0.3 is 0 Å². The Bertz CT molecular complexity index is 755. The van der Waals surface area contributed by atoms with Crippen LogP contribution in [0, 0.1) is 0 Å². The van der Waals surface area contributed by atoms with Gasteiger partial charge in [0, 0.05) is 16.5 Å². The number of hydrogen-bond acceptors (Lipinski definition) is 3. The quantitative estimate of drug-likeness (QED) is 0.536. The van der Waals surface area contributed by atoms with Gasteiger partial charge in [-0.1, -0.05) is 11.6 Å². The van der Waals surface area contributed by atoms with E-state index in [0.717, 1.165) is 27.6 Å². The monoisotopic (exact) mass is 258 g/mol. The van der Waals surface area contributed by atoms with Gasteiger partial charge in [-0.25, -0.2) is 4.98 Å². The van der Waals surface area contributed by atoms with Crippen LogP contribution in [-0.4, -0.2) is 12.1 Å². The molecule has 4 heteroatoms. The molecule has 3 aromatic rings. The molecule has 3 nitrogen and oxygen atoms in total. The summed E-state index contributed by atoms with van der Waals surface area (Å²) in [6.45, 7) is 0. The van der Waals surface area contributed by atoms with Crippen molar-refractivity contribution < 1.29 is 4.74 Å². The minimum absolute atomic E-state index is 0.675. The number of hydrogen-bond donors (Lipinski definition) is 1. The minimum Gasteiger partial charge on any atom is -0.497 e. The topological polar surface area (TPSA) is 48.1 Å². The Morgan fingerprint density at radius 2 is 1.89 bits per heavy atom. The van der Waals surface area contributed by atoms with E-state index in [2.05, 4.69) is 4.98 Å². The fraction of sp³-hybridized carbons (Fsp3) is 0.0714. The highest BCUT2D eigenvalue weighted by molar-refractivity contribution is 6.40. The first-order chi connectivity index (χ1) is 8.69. The van der Waals surface area contributed by atoms with Crippen molar-refractivity contribution in [3.8, 4) is 5.75 Å². The predicted octanol–water partition coefficient (Wildman–Crippen LogP) is 3.63. The summed E-state index contributed by atoms with van der Waals surface area (Å²) < 4.78 is 5.20. The maximum atomic E-state index is 6.42. The number of benzene rings is 2. The van der Waals surface area contributed by atoms with Crippen LogP contribution in [0.25, 0.3) is 21.8 Å². The van der Waals surface area contributed by atoms with Gasteiger partial charge in [0.15, 0.2) is 0 Å². The van der Waals surface area contributed by atoms with E-state index in [1.54, 1.807) is 7.11 Å². The second kappa shape index (κ2) is 4.03. The van der Waals surface area contributed by atoms with Gasteiger partial charge in [0.1, 0.15) is 5.75 Å². The first-order valence-electron chi connectivity index (χ1n) is 5.51. The Morgan fingerprint density at radius 3 is 2.67 bits per heavy atom. The van der Waals surface area contributed by atoms with Gasteiger partial charge in [0.2, 0.25) is 0 Å². The van der Waals surface area contributed by atoms with Crippen LogP contribution in [0.1, 0.15) is 0 Å². The van der Waals surface area contributed by atoms with E-state index >= 15 is 0 Å². The van der Waals surface area contributed by atoms with Crippen LogP contribution in [0.2, 0.25) is 5.02 Å². The second-order valence-electron chi connectivity index (χ2n) is 4.09. The average Bonchev–Trinajstić information content (AvgIpc) is 2.38. The summed E-state index contributed by atoms with van der Waals surface area (Å²) in [7, 11) is 1.63.